The fourth-order valence-corrected chi connectivity index (χ4v) is 4.24. The molecule has 8 heteroatoms. The highest BCUT2D eigenvalue weighted by Gasteiger charge is 2.21. The second-order valence-corrected chi connectivity index (χ2v) is 8.38. The molecular formula is C24H30N4O4. The number of amides is 1. The molecule has 170 valence electrons. The molecule has 8 nitrogen and oxygen atoms in total. The Labute approximate surface area is 188 Å². The van der Waals surface area contributed by atoms with Crippen LogP contribution < -0.4 is 19.5 Å². The van der Waals surface area contributed by atoms with E-state index in [4.69, 9.17) is 19.2 Å². The molecule has 1 amide bonds. The van der Waals surface area contributed by atoms with Crippen LogP contribution in [-0.2, 0) is 13.1 Å². The number of hydrogen-bond acceptors (Lipinski definition) is 6. The van der Waals surface area contributed by atoms with E-state index in [0.29, 0.717) is 34.4 Å². The van der Waals surface area contributed by atoms with Gasteiger partial charge in [-0.2, -0.15) is 0 Å². The Balaban J connectivity index is 1.57. The van der Waals surface area contributed by atoms with E-state index in [1.807, 2.05) is 18.2 Å². The molecule has 32 heavy (non-hydrogen) atoms. The van der Waals surface area contributed by atoms with Crippen LogP contribution in [0.15, 0.2) is 30.3 Å². The van der Waals surface area contributed by atoms with Crippen LogP contribution >= 0.6 is 0 Å². The first-order chi connectivity index (χ1) is 15.4. The summed E-state index contributed by atoms with van der Waals surface area (Å²) in [4.78, 5) is 20.2. The molecule has 2 aromatic carbocycles. The predicted octanol–water partition coefficient (Wildman–Crippen LogP) is 3.79. The number of anilines is 1. The van der Waals surface area contributed by atoms with E-state index in [2.05, 4.69) is 28.6 Å². The molecule has 0 fully saturated rings. The molecule has 0 bridgehead atoms. The molecule has 0 spiro atoms. The van der Waals surface area contributed by atoms with Crippen LogP contribution in [0, 0.1) is 5.92 Å². The van der Waals surface area contributed by atoms with E-state index in [9.17, 15) is 4.79 Å². The van der Waals surface area contributed by atoms with Crippen molar-refractivity contribution in [3.63, 3.8) is 0 Å². The Bertz CT molecular complexity index is 1110. The van der Waals surface area contributed by atoms with Gasteiger partial charge >= 0.3 is 0 Å². The molecule has 1 aromatic heterocycles. The number of hydrogen-bond donors (Lipinski definition) is 1. The number of nitrogens with one attached hydrogen (secondary N) is 1. The molecule has 1 aliphatic rings. The molecule has 4 rings (SSSR count). The molecule has 1 aliphatic heterocycles. The molecular weight excluding hydrogens is 408 g/mol. The first kappa shape index (κ1) is 22.0. The van der Waals surface area contributed by atoms with Crippen LogP contribution in [0.5, 0.6) is 17.2 Å². The third kappa shape index (κ3) is 4.23. The average molecular weight is 439 g/mol. The van der Waals surface area contributed by atoms with Gasteiger partial charge in [0.1, 0.15) is 5.82 Å². The Morgan fingerprint density at radius 3 is 2.41 bits per heavy atom. The van der Waals surface area contributed by atoms with Gasteiger partial charge in [0.15, 0.2) is 11.5 Å². The summed E-state index contributed by atoms with van der Waals surface area (Å²) < 4.78 is 18.3. The number of imidazole rings is 1. The minimum absolute atomic E-state index is 0.268. The molecule has 1 N–H and O–H groups in total. The molecule has 2 heterocycles. The summed E-state index contributed by atoms with van der Waals surface area (Å²) in [5.74, 6) is 2.74. The van der Waals surface area contributed by atoms with Gasteiger partial charge in [0.2, 0.25) is 5.75 Å². The second-order valence-electron chi connectivity index (χ2n) is 8.38. The lowest BCUT2D eigenvalue weighted by Gasteiger charge is -2.29. The lowest BCUT2D eigenvalue weighted by Crippen LogP contribution is -2.36. The first-order valence-electron chi connectivity index (χ1n) is 10.8. The number of benzene rings is 2. The topological polar surface area (TPSA) is 77.9 Å². The van der Waals surface area contributed by atoms with Gasteiger partial charge in [0.05, 0.1) is 38.9 Å². The minimum Gasteiger partial charge on any atom is -0.493 e. The van der Waals surface area contributed by atoms with Gasteiger partial charge in [-0.1, -0.05) is 13.8 Å². The van der Waals surface area contributed by atoms with Crippen LogP contribution in [0.2, 0.25) is 0 Å². The largest absolute Gasteiger partial charge is 0.493 e. The van der Waals surface area contributed by atoms with Crippen molar-refractivity contribution in [2.45, 2.75) is 26.9 Å². The average Bonchev–Trinajstić information content (AvgIpc) is 3.14. The van der Waals surface area contributed by atoms with Gasteiger partial charge < -0.3 is 24.1 Å². The van der Waals surface area contributed by atoms with Gasteiger partial charge in [-0.15, -0.1) is 0 Å². The minimum atomic E-state index is -0.268. The molecule has 0 saturated heterocycles. The van der Waals surface area contributed by atoms with Crippen molar-refractivity contribution in [1.29, 1.82) is 0 Å². The summed E-state index contributed by atoms with van der Waals surface area (Å²) in [6, 6.07) is 9.12. The van der Waals surface area contributed by atoms with Crippen molar-refractivity contribution in [3.05, 3.63) is 41.7 Å². The summed E-state index contributed by atoms with van der Waals surface area (Å²) in [7, 11) is 4.58. The SMILES string of the molecule is COc1cc(C(=O)Nc2ccc3c(c2)nc2n3CCN(CC(C)C)C2)cc(OC)c1OC. The highest BCUT2D eigenvalue weighted by atomic mass is 16.5. The van der Waals surface area contributed by atoms with Crippen molar-refractivity contribution in [1.82, 2.24) is 14.5 Å². The maximum absolute atomic E-state index is 12.9. The predicted molar refractivity (Wildman–Crippen MR) is 124 cm³/mol. The zero-order valence-corrected chi connectivity index (χ0v) is 19.3. The van der Waals surface area contributed by atoms with Crippen LogP contribution in [0.4, 0.5) is 5.69 Å². The van der Waals surface area contributed by atoms with Crippen molar-refractivity contribution in [2.24, 2.45) is 5.92 Å². The lowest BCUT2D eigenvalue weighted by atomic mass is 10.1. The van der Waals surface area contributed by atoms with Gasteiger partial charge in [-0.05, 0) is 36.2 Å². The molecule has 0 atom stereocenters. The van der Waals surface area contributed by atoms with E-state index in [1.54, 1.807) is 12.1 Å². The van der Waals surface area contributed by atoms with E-state index in [0.717, 1.165) is 43.0 Å². The number of aromatic nitrogens is 2. The number of nitrogens with zero attached hydrogens (tertiary/aromatic N) is 3. The van der Waals surface area contributed by atoms with Gasteiger partial charge in [0.25, 0.3) is 5.91 Å². The molecule has 0 unspecified atom stereocenters. The van der Waals surface area contributed by atoms with Gasteiger partial charge in [-0.3, -0.25) is 9.69 Å². The van der Waals surface area contributed by atoms with Crippen molar-refractivity contribution in [3.8, 4) is 17.2 Å². The number of carbonyl (C=O) groups excluding carboxylic acids is 1. The molecule has 3 aromatic rings. The Kier molecular flexibility index (Phi) is 6.23. The number of rotatable bonds is 7. The van der Waals surface area contributed by atoms with Crippen LogP contribution in [0.1, 0.15) is 30.0 Å². The van der Waals surface area contributed by atoms with Crippen molar-refractivity contribution < 1.29 is 19.0 Å². The third-order valence-electron chi connectivity index (χ3n) is 5.64. The van der Waals surface area contributed by atoms with Crippen LogP contribution in [0.25, 0.3) is 11.0 Å². The highest BCUT2D eigenvalue weighted by molar-refractivity contribution is 6.05. The number of methoxy groups -OCH3 is 3. The Morgan fingerprint density at radius 2 is 1.78 bits per heavy atom. The van der Waals surface area contributed by atoms with Crippen molar-refractivity contribution >= 4 is 22.6 Å². The van der Waals surface area contributed by atoms with Gasteiger partial charge in [0, 0.05) is 30.9 Å². The normalized spacial score (nSPS) is 13.8. The van der Waals surface area contributed by atoms with E-state index >= 15 is 0 Å². The first-order valence-corrected chi connectivity index (χ1v) is 10.8. The van der Waals surface area contributed by atoms with Crippen molar-refractivity contribution in [2.75, 3.05) is 39.7 Å². The lowest BCUT2D eigenvalue weighted by molar-refractivity contribution is 0.102. The van der Waals surface area contributed by atoms with Gasteiger partial charge in [-0.25, -0.2) is 4.98 Å². The van der Waals surface area contributed by atoms with Crippen LogP contribution in [-0.4, -0.2) is 54.8 Å². The smallest absolute Gasteiger partial charge is 0.255 e. The second kappa shape index (κ2) is 9.08. The fourth-order valence-electron chi connectivity index (χ4n) is 4.24. The molecule has 0 saturated carbocycles. The maximum Gasteiger partial charge on any atom is 0.255 e. The van der Waals surface area contributed by atoms with Crippen LogP contribution in [0.3, 0.4) is 0 Å². The van der Waals surface area contributed by atoms with E-state index in [1.165, 1.54) is 21.3 Å². The zero-order valence-electron chi connectivity index (χ0n) is 19.3. The summed E-state index contributed by atoms with van der Waals surface area (Å²) in [6.45, 7) is 8.34. The number of carbonyl (C=O) groups is 1. The van der Waals surface area contributed by atoms with E-state index in [-0.39, 0.29) is 5.91 Å². The Hall–Kier alpha value is -3.26. The van der Waals surface area contributed by atoms with E-state index < -0.39 is 0 Å². The number of fused-ring (bicyclic) bond motifs is 3. The fraction of sp³-hybridized carbons (Fsp3) is 0.417. The monoisotopic (exact) mass is 438 g/mol. The third-order valence-corrected chi connectivity index (χ3v) is 5.64. The standard InChI is InChI=1S/C24H30N4O4/c1-15(2)13-27-8-9-28-19-7-6-17(12-18(19)26-22(28)14-27)25-24(29)16-10-20(30-3)23(32-5)21(11-16)31-4/h6-7,10-12,15H,8-9,13-14H2,1-5H3,(H,25,29). The summed E-state index contributed by atoms with van der Waals surface area (Å²) >= 11 is 0. The number of ether oxygens (including phenoxy) is 3. The maximum atomic E-state index is 12.9. The molecule has 0 aliphatic carbocycles. The molecule has 0 radical (unpaired) electrons. The Morgan fingerprint density at radius 1 is 1.06 bits per heavy atom. The summed E-state index contributed by atoms with van der Waals surface area (Å²) in [5, 5.41) is 2.96. The summed E-state index contributed by atoms with van der Waals surface area (Å²) in [6.07, 6.45) is 0. The highest BCUT2D eigenvalue weighted by Crippen LogP contribution is 2.38. The quantitative estimate of drug-likeness (QED) is 0.605. The zero-order chi connectivity index (χ0) is 22.8. The summed E-state index contributed by atoms with van der Waals surface area (Å²) in [5.41, 5.74) is 3.07.